The SMILES string of the molecule is CN(C)c1nnc(Sc2ccc(N)cc2I)s1. The summed E-state index contributed by atoms with van der Waals surface area (Å²) >= 11 is 5.48. The monoisotopic (exact) mass is 378 g/mol. The number of nitrogens with two attached hydrogens (primary N) is 1. The van der Waals surface area contributed by atoms with Crippen LogP contribution < -0.4 is 10.6 Å². The van der Waals surface area contributed by atoms with E-state index in [2.05, 4.69) is 32.8 Å². The molecular formula is C10H11IN4S2. The summed E-state index contributed by atoms with van der Waals surface area (Å²) < 4.78 is 2.07. The van der Waals surface area contributed by atoms with Gasteiger partial charge in [-0.1, -0.05) is 23.1 Å². The molecule has 0 fully saturated rings. The van der Waals surface area contributed by atoms with E-state index in [9.17, 15) is 0 Å². The van der Waals surface area contributed by atoms with Gasteiger partial charge in [-0.15, -0.1) is 10.2 Å². The topological polar surface area (TPSA) is 55.0 Å². The molecule has 2 N–H and O–H groups in total. The minimum atomic E-state index is 0.782. The Balaban J connectivity index is 2.19. The molecule has 0 bridgehead atoms. The quantitative estimate of drug-likeness (QED) is 0.658. The van der Waals surface area contributed by atoms with E-state index < -0.39 is 0 Å². The fourth-order valence-electron chi connectivity index (χ4n) is 1.12. The Labute approximate surface area is 122 Å². The molecule has 4 nitrogen and oxygen atoms in total. The Morgan fingerprint density at radius 3 is 2.71 bits per heavy atom. The van der Waals surface area contributed by atoms with Crippen molar-refractivity contribution in [1.29, 1.82) is 0 Å². The van der Waals surface area contributed by atoms with E-state index in [1.807, 2.05) is 37.2 Å². The lowest BCUT2D eigenvalue weighted by Crippen LogP contribution is -2.07. The molecule has 2 rings (SSSR count). The molecule has 17 heavy (non-hydrogen) atoms. The average Bonchev–Trinajstić information content (AvgIpc) is 2.71. The molecule has 2 aromatic rings. The highest BCUT2D eigenvalue weighted by molar-refractivity contribution is 14.1. The minimum absolute atomic E-state index is 0.782. The molecule has 0 aliphatic rings. The summed E-state index contributed by atoms with van der Waals surface area (Å²) in [6.07, 6.45) is 0. The highest BCUT2D eigenvalue weighted by Gasteiger charge is 2.09. The Morgan fingerprint density at radius 1 is 1.35 bits per heavy atom. The van der Waals surface area contributed by atoms with Crippen LogP contribution in [0.5, 0.6) is 0 Å². The molecular weight excluding hydrogens is 367 g/mol. The second-order valence-electron chi connectivity index (χ2n) is 3.54. The van der Waals surface area contributed by atoms with Crippen LogP contribution in [-0.2, 0) is 0 Å². The third kappa shape index (κ3) is 3.23. The molecule has 1 aromatic carbocycles. The van der Waals surface area contributed by atoms with Crippen molar-refractivity contribution < 1.29 is 0 Å². The first-order valence-corrected chi connectivity index (χ1v) is 7.51. The number of hydrogen-bond donors (Lipinski definition) is 1. The first-order valence-electron chi connectivity index (χ1n) is 4.80. The fraction of sp³-hybridized carbons (Fsp3) is 0.200. The van der Waals surface area contributed by atoms with Gasteiger partial charge in [0.1, 0.15) is 0 Å². The lowest BCUT2D eigenvalue weighted by atomic mass is 10.3. The summed E-state index contributed by atoms with van der Waals surface area (Å²) in [6, 6.07) is 5.87. The van der Waals surface area contributed by atoms with Crippen LogP contribution in [0.15, 0.2) is 27.4 Å². The van der Waals surface area contributed by atoms with E-state index in [4.69, 9.17) is 5.73 Å². The van der Waals surface area contributed by atoms with Crippen molar-refractivity contribution in [3.05, 3.63) is 21.8 Å². The Bertz CT molecular complexity index is 527. The number of anilines is 2. The number of halogens is 1. The van der Waals surface area contributed by atoms with Gasteiger partial charge in [0.15, 0.2) is 4.34 Å². The summed E-state index contributed by atoms with van der Waals surface area (Å²) in [5.74, 6) is 0. The first-order chi connectivity index (χ1) is 8.06. The van der Waals surface area contributed by atoms with E-state index in [1.165, 1.54) is 0 Å². The molecule has 0 spiro atoms. The molecule has 0 amide bonds. The lowest BCUT2D eigenvalue weighted by molar-refractivity contribution is 0.972. The zero-order valence-electron chi connectivity index (χ0n) is 9.35. The van der Waals surface area contributed by atoms with Crippen molar-refractivity contribution in [2.45, 2.75) is 9.24 Å². The highest BCUT2D eigenvalue weighted by Crippen LogP contribution is 2.35. The van der Waals surface area contributed by atoms with Crippen LogP contribution in [0.25, 0.3) is 0 Å². The Kier molecular flexibility index (Phi) is 4.10. The van der Waals surface area contributed by atoms with Gasteiger partial charge in [-0.05, 0) is 40.8 Å². The van der Waals surface area contributed by atoms with E-state index in [0.717, 1.165) is 23.6 Å². The molecule has 1 aromatic heterocycles. The first kappa shape index (κ1) is 12.9. The second-order valence-corrected chi connectivity index (χ2v) is 6.94. The van der Waals surface area contributed by atoms with Gasteiger partial charge < -0.3 is 10.6 Å². The van der Waals surface area contributed by atoms with Crippen LogP contribution in [0.4, 0.5) is 10.8 Å². The molecule has 90 valence electrons. The van der Waals surface area contributed by atoms with Crippen molar-refractivity contribution >= 4 is 56.5 Å². The van der Waals surface area contributed by atoms with Crippen LogP contribution >= 0.6 is 45.7 Å². The maximum absolute atomic E-state index is 5.72. The van der Waals surface area contributed by atoms with Gasteiger partial charge >= 0.3 is 0 Å². The largest absolute Gasteiger partial charge is 0.399 e. The third-order valence-electron chi connectivity index (χ3n) is 1.93. The maximum atomic E-state index is 5.72. The molecule has 1 heterocycles. The van der Waals surface area contributed by atoms with Gasteiger partial charge in [0.25, 0.3) is 0 Å². The smallest absolute Gasteiger partial charge is 0.208 e. The predicted molar refractivity (Wildman–Crippen MR) is 81.9 cm³/mol. The minimum Gasteiger partial charge on any atom is -0.399 e. The van der Waals surface area contributed by atoms with Crippen molar-refractivity contribution in [2.75, 3.05) is 24.7 Å². The van der Waals surface area contributed by atoms with Gasteiger partial charge in [0.2, 0.25) is 5.13 Å². The van der Waals surface area contributed by atoms with Crippen LogP contribution in [0.1, 0.15) is 0 Å². The molecule has 0 saturated carbocycles. The number of benzene rings is 1. The lowest BCUT2D eigenvalue weighted by Gasteiger charge is -2.04. The second kappa shape index (κ2) is 5.40. The zero-order chi connectivity index (χ0) is 12.4. The molecule has 0 unspecified atom stereocenters. The van der Waals surface area contributed by atoms with E-state index in [-0.39, 0.29) is 0 Å². The van der Waals surface area contributed by atoms with E-state index >= 15 is 0 Å². The Morgan fingerprint density at radius 2 is 2.12 bits per heavy atom. The summed E-state index contributed by atoms with van der Waals surface area (Å²) in [5, 5.41) is 9.17. The number of nitrogens with zero attached hydrogens (tertiary/aromatic N) is 3. The average molecular weight is 378 g/mol. The summed E-state index contributed by atoms with van der Waals surface area (Å²) in [6.45, 7) is 0. The van der Waals surface area contributed by atoms with Crippen molar-refractivity contribution in [3.8, 4) is 0 Å². The molecule has 0 aliphatic carbocycles. The van der Waals surface area contributed by atoms with Crippen molar-refractivity contribution in [1.82, 2.24) is 10.2 Å². The third-order valence-corrected chi connectivity index (χ3v) is 5.41. The summed E-state index contributed by atoms with van der Waals surface area (Å²) in [5.41, 5.74) is 6.50. The zero-order valence-corrected chi connectivity index (χ0v) is 13.1. The number of rotatable bonds is 3. The van der Waals surface area contributed by atoms with Gasteiger partial charge in [-0.3, -0.25) is 0 Å². The van der Waals surface area contributed by atoms with E-state index in [1.54, 1.807) is 23.1 Å². The van der Waals surface area contributed by atoms with Crippen LogP contribution in [0.3, 0.4) is 0 Å². The van der Waals surface area contributed by atoms with Crippen LogP contribution in [0, 0.1) is 3.57 Å². The molecule has 0 aliphatic heterocycles. The Hall–Kier alpha value is -0.540. The van der Waals surface area contributed by atoms with Gasteiger partial charge in [-0.2, -0.15) is 0 Å². The highest BCUT2D eigenvalue weighted by atomic mass is 127. The fourth-order valence-corrected chi connectivity index (χ4v) is 3.71. The standard InChI is InChI=1S/C10H11IN4S2/c1-15(2)9-13-14-10(17-9)16-8-4-3-6(12)5-7(8)11/h3-5H,12H2,1-2H3. The number of aromatic nitrogens is 2. The van der Waals surface area contributed by atoms with Crippen molar-refractivity contribution in [3.63, 3.8) is 0 Å². The van der Waals surface area contributed by atoms with Crippen molar-refractivity contribution in [2.24, 2.45) is 0 Å². The van der Waals surface area contributed by atoms with Gasteiger partial charge in [0, 0.05) is 28.2 Å². The number of nitrogen functional groups attached to an aromatic ring is 1. The van der Waals surface area contributed by atoms with Crippen LogP contribution in [0.2, 0.25) is 0 Å². The molecule has 0 atom stereocenters. The van der Waals surface area contributed by atoms with E-state index in [0.29, 0.717) is 0 Å². The normalized spacial score (nSPS) is 10.5. The summed E-state index contributed by atoms with van der Waals surface area (Å²) in [4.78, 5) is 3.11. The van der Waals surface area contributed by atoms with Gasteiger partial charge in [0.05, 0.1) is 0 Å². The predicted octanol–water partition coefficient (Wildman–Crippen LogP) is 2.94. The maximum Gasteiger partial charge on any atom is 0.208 e. The molecule has 0 radical (unpaired) electrons. The van der Waals surface area contributed by atoms with Gasteiger partial charge in [-0.25, -0.2) is 0 Å². The number of hydrogen-bond acceptors (Lipinski definition) is 6. The van der Waals surface area contributed by atoms with Crippen LogP contribution in [-0.4, -0.2) is 24.3 Å². The molecule has 0 saturated heterocycles. The summed E-state index contributed by atoms with van der Waals surface area (Å²) in [7, 11) is 3.92. The molecule has 7 heteroatoms.